The molecule has 4 N–H and O–H groups in total. The first-order valence-corrected chi connectivity index (χ1v) is 9.27. The number of aromatic nitrogens is 1. The van der Waals surface area contributed by atoms with Crippen LogP contribution >= 0.6 is 0 Å². The predicted molar refractivity (Wildman–Crippen MR) is 108 cm³/mol. The van der Waals surface area contributed by atoms with E-state index in [1.54, 1.807) is 18.3 Å². The highest BCUT2D eigenvalue weighted by atomic mass is 16.5. The Balaban J connectivity index is 1.88. The number of carbonyl (C=O) groups excluding carboxylic acids is 2. The normalized spacial score (nSPS) is 11.8. The second kappa shape index (κ2) is 9.85. The van der Waals surface area contributed by atoms with Crippen LogP contribution in [-0.4, -0.2) is 29.4 Å². The highest BCUT2D eigenvalue weighted by Crippen LogP contribution is 2.25. The monoisotopic (exact) mass is 384 g/mol. The van der Waals surface area contributed by atoms with E-state index in [1.807, 2.05) is 45.9 Å². The van der Waals surface area contributed by atoms with Crippen LogP contribution in [0.3, 0.4) is 0 Å². The lowest BCUT2D eigenvalue weighted by atomic mass is 10.1. The molecule has 0 aliphatic heterocycles. The zero-order valence-electron chi connectivity index (χ0n) is 16.8. The molecule has 0 spiro atoms. The van der Waals surface area contributed by atoms with Gasteiger partial charge < -0.3 is 21.1 Å². The molecule has 0 saturated carbocycles. The molecule has 0 fully saturated rings. The summed E-state index contributed by atoms with van der Waals surface area (Å²) in [6.07, 6.45) is 1.63. The van der Waals surface area contributed by atoms with E-state index in [0.717, 1.165) is 22.4 Å². The number of benzene rings is 1. The zero-order chi connectivity index (χ0) is 20.7. The maximum absolute atomic E-state index is 12.0. The van der Waals surface area contributed by atoms with Crippen molar-refractivity contribution in [1.29, 1.82) is 0 Å². The predicted octanol–water partition coefficient (Wildman–Crippen LogP) is 2.21. The number of hydrogen-bond acceptors (Lipinski definition) is 5. The van der Waals surface area contributed by atoms with Crippen molar-refractivity contribution in [2.45, 2.75) is 40.3 Å². The SMILES string of the molecule is Cc1cccc(Oc2cc(CNC(=O)CNC(=O)[C@@H](N)C(C)C)ccn2)c1C. The van der Waals surface area contributed by atoms with Gasteiger partial charge in [-0.2, -0.15) is 0 Å². The maximum Gasteiger partial charge on any atom is 0.239 e. The first-order chi connectivity index (χ1) is 13.3. The molecule has 0 unspecified atom stereocenters. The van der Waals surface area contributed by atoms with Crippen LogP contribution in [0.1, 0.15) is 30.5 Å². The molecule has 7 heteroatoms. The van der Waals surface area contributed by atoms with Crippen molar-refractivity contribution >= 4 is 11.8 Å². The number of hydrogen-bond donors (Lipinski definition) is 3. The molecule has 0 aliphatic carbocycles. The third-order valence-corrected chi connectivity index (χ3v) is 4.50. The van der Waals surface area contributed by atoms with Crippen molar-refractivity contribution in [3.05, 3.63) is 53.2 Å². The van der Waals surface area contributed by atoms with Crippen molar-refractivity contribution in [2.75, 3.05) is 6.54 Å². The highest BCUT2D eigenvalue weighted by Gasteiger charge is 2.17. The van der Waals surface area contributed by atoms with E-state index in [1.165, 1.54) is 0 Å². The van der Waals surface area contributed by atoms with Gasteiger partial charge in [0.05, 0.1) is 12.6 Å². The summed E-state index contributed by atoms with van der Waals surface area (Å²) in [5.41, 5.74) is 8.78. The third kappa shape index (κ3) is 6.06. The van der Waals surface area contributed by atoms with Crippen molar-refractivity contribution in [2.24, 2.45) is 11.7 Å². The lowest BCUT2D eigenvalue weighted by Crippen LogP contribution is -2.47. The summed E-state index contributed by atoms with van der Waals surface area (Å²) < 4.78 is 5.87. The second-order valence-corrected chi connectivity index (χ2v) is 7.07. The van der Waals surface area contributed by atoms with Crippen LogP contribution in [0.15, 0.2) is 36.5 Å². The van der Waals surface area contributed by atoms with Crippen LogP contribution < -0.4 is 21.1 Å². The van der Waals surface area contributed by atoms with E-state index in [4.69, 9.17) is 10.5 Å². The Labute approximate surface area is 165 Å². The van der Waals surface area contributed by atoms with Crippen LogP contribution in [0.25, 0.3) is 0 Å². The Morgan fingerprint density at radius 2 is 1.93 bits per heavy atom. The summed E-state index contributed by atoms with van der Waals surface area (Å²) in [7, 11) is 0. The molecule has 150 valence electrons. The smallest absolute Gasteiger partial charge is 0.239 e. The molecule has 0 aliphatic rings. The standard InChI is InChI=1S/C21H28N4O3/c1-13(2)20(22)21(27)25-12-18(26)24-11-16-8-9-23-19(10-16)28-17-7-5-6-14(3)15(17)4/h5-10,13,20H,11-12,22H2,1-4H3,(H,24,26)(H,25,27)/t20-/m0/s1. The number of amides is 2. The van der Waals surface area contributed by atoms with E-state index in [0.29, 0.717) is 12.4 Å². The molecular formula is C21H28N4O3. The minimum atomic E-state index is -0.627. The van der Waals surface area contributed by atoms with Gasteiger partial charge in [-0.1, -0.05) is 26.0 Å². The topological polar surface area (TPSA) is 106 Å². The van der Waals surface area contributed by atoms with Crippen molar-refractivity contribution in [3.63, 3.8) is 0 Å². The van der Waals surface area contributed by atoms with Crippen LogP contribution in [-0.2, 0) is 16.1 Å². The van der Waals surface area contributed by atoms with Gasteiger partial charge in [-0.05, 0) is 48.6 Å². The van der Waals surface area contributed by atoms with Gasteiger partial charge in [-0.3, -0.25) is 9.59 Å². The van der Waals surface area contributed by atoms with Crippen LogP contribution in [0.4, 0.5) is 0 Å². The molecule has 28 heavy (non-hydrogen) atoms. The number of nitrogens with two attached hydrogens (primary N) is 1. The number of ether oxygens (including phenoxy) is 1. The molecule has 0 bridgehead atoms. The lowest BCUT2D eigenvalue weighted by molar-refractivity contribution is -0.127. The van der Waals surface area contributed by atoms with Gasteiger partial charge in [0.15, 0.2) is 0 Å². The molecule has 0 saturated heterocycles. The molecule has 0 radical (unpaired) electrons. The Morgan fingerprint density at radius 1 is 1.18 bits per heavy atom. The average Bonchev–Trinajstić information content (AvgIpc) is 2.67. The fourth-order valence-corrected chi connectivity index (χ4v) is 2.41. The molecule has 1 aromatic heterocycles. The maximum atomic E-state index is 12.0. The van der Waals surface area contributed by atoms with Crippen LogP contribution in [0, 0.1) is 19.8 Å². The summed E-state index contributed by atoms with van der Waals surface area (Å²) in [4.78, 5) is 28.0. The molecule has 1 heterocycles. The average molecular weight is 384 g/mol. The first kappa shape index (κ1) is 21.4. The van der Waals surface area contributed by atoms with Gasteiger partial charge >= 0.3 is 0 Å². The highest BCUT2D eigenvalue weighted by molar-refractivity contribution is 5.87. The minimum Gasteiger partial charge on any atom is -0.439 e. The van der Waals surface area contributed by atoms with E-state index < -0.39 is 6.04 Å². The van der Waals surface area contributed by atoms with E-state index >= 15 is 0 Å². The van der Waals surface area contributed by atoms with Gasteiger partial charge in [0, 0.05) is 18.8 Å². The van der Waals surface area contributed by atoms with Crippen molar-refractivity contribution in [3.8, 4) is 11.6 Å². The van der Waals surface area contributed by atoms with Gasteiger partial charge in [0.25, 0.3) is 0 Å². The van der Waals surface area contributed by atoms with Gasteiger partial charge in [-0.15, -0.1) is 0 Å². The van der Waals surface area contributed by atoms with E-state index in [-0.39, 0.29) is 24.3 Å². The van der Waals surface area contributed by atoms with Gasteiger partial charge in [-0.25, -0.2) is 4.98 Å². The lowest BCUT2D eigenvalue weighted by Gasteiger charge is -2.15. The third-order valence-electron chi connectivity index (χ3n) is 4.50. The fraction of sp³-hybridized carbons (Fsp3) is 0.381. The molecule has 1 atom stereocenters. The number of nitrogens with one attached hydrogen (secondary N) is 2. The number of rotatable bonds is 8. The first-order valence-electron chi connectivity index (χ1n) is 9.27. The van der Waals surface area contributed by atoms with E-state index in [2.05, 4.69) is 15.6 Å². The number of pyridine rings is 1. The second-order valence-electron chi connectivity index (χ2n) is 7.07. The molecule has 2 amide bonds. The van der Waals surface area contributed by atoms with Crippen molar-refractivity contribution < 1.29 is 14.3 Å². The Hall–Kier alpha value is -2.93. The van der Waals surface area contributed by atoms with Crippen LogP contribution in [0.5, 0.6) is 11.6 Å². The van der Waals surface area contributed by atoms with E-state index in [9.17, 15) is 9.59 Å². The molecule has 7 nitrogen and oxygen atoms in total. The summed E-state index contributed by atoms with van der Waals surface area (Å²) >= 11 is 0. The number of nitrogens with zero attached hydrogens (tertiary/aromatic N) is 1. The Morgan fingerprint density at radius 3 is 2.64 bits per heavy atom. The summed E-state index contributed by atoms with van der Waals surface area (Å²) in [6, 6.07) is 8.79. The molecular weight excluding hydrogens is 356 g/mol. The van der Waals surface area contributed by atoms with Gasteiger partial charge in [0.2, 0.25) is 17.7 Å². The largest absolute Gasteiger partial charge is 0.439 e. The molecule has 1 aromatic carbocycles. The summed E-state index contributed by atoms with van der Waals surface area (Å²) in [6.45, 7) is 7.91. The minimum absolute atomic E-state index is 0.00957. The Bertz CT molecular complexity index is 836. The van der Waals surface area contributed by atoms with Gasteiger partial charge in [0.1, 0.15) is 5.75 Å². The molecule has 2 rings (SSSR count). The summed E-state index contributed by atoms with van der Waals surface area (Å²) in [5.74, 6) is 0.585. The Kier molecular flexibility index (Phi) is 7.52. The zero-order valence-corrected chi connectivity index (χ0v) is 16.8. The quantitative estimate of drug-likeness (QED) is 0.647. The number of aryl methyl sites for hydroxylation is 1. The molecule has 2 aromatic rings. The fourth-order valence-electron chi connectivity index (χ4n) is 2.41. The summed E-state index contributed by atoms with van der Waals surface area (Å²) in [5, 5.41) is 5.30. The number of carbonyl (C=O) groups is 2. The van der Waals surface area contributed by atoms with Crippen LogP contribution in [0.2, 0.25) is 0 Å². The van der Waals surface area contributed by atoms with Crippen molar-refractivity contribution in [1.82, 2.24) is 15.6 Å².